The number of nitrogens with one attached hydrogen (secondary N) is 3. The normalized spacial score (nSPS) is 30.0. The smallest absolute Gasteiger partial charge is 0.312 e. The Kier molecular flexibility index (Phi) is 33.7. The van der Waals surface area contributed by atoms with Crippen LogP contribution in [-0.2, 0) is 76.3 Å². The molecule has 0 unspecified atom stereocenters. The molecule has 13 aliphatic carbocycles. The minimum absolute atomic E-state index is 0.114. The number of carbonyl (C=O) groups excluding carboxylic acids is 8. The number of terminal acetylenes is 3. The molecule has 780 valence electrons. The fraction of sp³-hybridized carbons (Fsp3) is 0.741. The van der Waals surface area contributed by atoms with Gasteiger partial charge < -0.3 is 59.0 Å². The van der Waals surface area contributed by atoms with E-state index in [-0.39, 0.29) is 98.5 Å². The number of fused-ring (bicyclic) bond motifs is 12. The molecule has 22 rings (SSSR count). The average molecular weight is 1980 g/mol. The third-order valence-electron chi connectivity index (χ3n) is 35.9. The van der Waals surface area contributed by atoms with Crippen molar-refractivity contribution in [2.45, 2.75) is 448 Å². The number of amides is 3. The van der Waals surface area contributed by atoms with E-state index in [0.717, 1.165) is 250 Å². The number of rotatable bonds is 37. The van der Waals surface area contributed by atoms with Crippen LogP contribution in [0.1, 0.15) is 410 Å². The number of aryl methyl sites for hydroxylation is 3. The van der Waals surface area contributed by atoms with E-state index >= 15 is 0 Å². The summed E-state index contributed by atoms with van der Waals surface area (Å²) in [6, 6.07) is 0. The first-order valence-electron chi connectivity index (χ1n) is 55.2. The maximum atomic E-state index is 14.0. The van der Waals surface area contributed by atoms with Gasteiger partial charge in [-0.2, -0.15) is 0 Å². The van der Waals surface area contributed by atoms with Crippen LogP contribution >= 0.6 is 0 Å². The second-order valence-corrected chi connectivity index (χ2v) is 45.3. The Morgan fingerprint density at radius 1 is 0.375 bits per heavy atom. The van der Waals surface area contributed by atoms with E-state index in [2.05, 4.69) is 94.4 Å². The lowest BCUT2D eigenvalue weighted by Crippen LogP contribution is -2.50. The number of hydrogen-bond donors (Lipinski definition) is 4. The van der Waals surface area contributed by atoms with E-state index < -0.39 is 70.0 Å². The minimum Gasteiger partial charge on any atom is -0.461 e. The molecule has 32 nitrogen and oxygen atoms in total. The van der Waals surface area contributed by atoms with Crippen molar-refractivity contribution < 1.29 is 81.4 Å². The average Bonchev–Trinajstić information content (AvgIpc) is 1.53. The molecule has 13 saturated carbocycles. The van der Waals surface area contributed by atoms with Gasteiger partial charge in [0.2, 0.25) is 28.9 Å². The summed E-state index contributed by atoms with van der Waals surface area (Å²) < 4.78 is 55.4. The van der Waals surface area contributed by atoms with Crippen molar-refractivity contribution in [1.29, 1.82) is 0 Å². The molecule has 6 bridgehead atoms. The number of nitrogens with zero attached hydrogens (tertiary/aromatic N) is 12. The molecular formula is C112H155N15O17. The molecule has 3 saturated heterocycles. The third-order valence-corrected chi connectivity index (χ3v) is 35.9. The molecule has 0 radical (unpaired) electrons. The first-order chi connectivity index (χ1) is 69.6. The van der Waals surface area contributed by atoms with Gasteiger partial charge in [-0.05, 0) is 261 Å². The second kappa shape index (κ2) is 46.1. The van der Waals surface area contributed by atoms with Crippen molar-refractivity contribution in [2.24, 2.45) is 56.7 Å². The van der Waals surface area contributed by atoms with E-state index in [4.69, 9.17) is 62.1 Å². The highest BCUT2D eigenvalue weighted by atomic mass is 16.6. The molecular weight excluding hydrogens is 1830 g/mol. The summed E-state index contributed by atoms with van der Waals surface area (Å²) >= 11 is 0. The molecule has 9 atom stereocenters. The predicted molar refractivity (Wildman–Crippen MR) is 540 cm³/mol. The number of ether oxygens (including phenoxy) is 8. The van der Waals surface area contributed by atoms with Gasteiger partial charge >= 0.3 is 29.8 Å². The number of anilines is 3. The van der Waals surface area contributed by atoms with Crippen molar-refractivity contribution in [1.82, 2.24) is 58.6 Å². The van der Waals surface area contributed by atoms with Crippen molar-refractivity contribution >= 4 is 98.5 Å². The van der Waals surface area contributed by atoms with E-state index in [9.17, 15) is 43.5 Å². The molecule has 4 N–H and O–H groups in total. The van der Waals surface area contributed by atoms with Crippen LogP contribution in [-0.4, -0.2) is 166 Å². The van der Waals surface area contributed by atoms with Gasteiger partial charge in [0.1, 0.15) is 74.3 Å². The maximum Gasteiger partial charge on any atom is 0.312 e. The zero-order chi connectivity index (χ0) is 101. The molecule has 144 heavy (non-hydrogen) atoms. The molecule has 3 amide bonds. The topological polar surface area (TPSA) is 398 Å². The zero-order valence-corrected chi connectivity index (χ0v) is 86.2. The zero-order valence-electron chi connectivity index (χ0n) is 86.2. The van der Waals surface area contributed by atoms with Crippen LogP contribution in [0.4, 0.5) is 17.5 Å². The van der Waals surface area contributed by atoms with Crippen molar-refractivity contribution in [3.8, 4) is 37.0 Å². The molecule has 16 fully saturated rings. The van der Waals surface area contributed by atoms with Crippen molar-refractivity contribution in [3.63, 3.8) is 0 Å². The highest BCUT2D eigenvalue weighted by Gasteiger charge is 2.60. The van der Waals surface area contributed by atoms with Crippen LogP contribution < -0.4 is 16.0 Å². The monoisotopic (exact) mass is 1980 g/mol. The summed E-state index contributed by atoms with van der Waals surface area (Å²) in [6.45, 7) is 11.1. The van der Waals surface area contributed by atoms with Gasteiger partial charge in [-0.1, -0.05) is 141 Å². The lowest BCUT2D eigenvalue weighted by Gasteiger charge is -2.45. The largest absolute Gasteiger partial charge is 0.461 e. The molecule has 6 aromatic heterocycles. The number of aliphatic hydroxyl groups excluding tert-OH is 1. The molecule has 32 heteroatoms. The van der Waals surface area contributed by atoms with Crippen LogP contribution in [0.15, 0.2) is 19.0 Å². The quantitative estimate of drug-likeness (QED) is 0.0122. The second-order valence-electron chi connectivity index (χ2n) is 45.3. The highest BCUT2D eigenvalue weighted by Crippen LogP contribution is 2.58. The van der Waals surface area contributed by atoms with Gasteiger partial charge in [0, 0.05) is 38.5 Å². The Morgan fingerprint density at radius 3 is 1.03 bits per heavy atom. The first kappa shape index (κ1) is 105. The van der Waals surface area contributed by atoms with E-state index in [1.807, 2.05) is 0 Å². The maximum absolute atomic E-state index is 14.0. The summed E-state index contributed by atoms with van der Waals surface area (Å²) in [5.41, 5.74) is -2.37. The first-order valence-corrected chi connectivity index (χ1v) is 55.2. The van der Waals surface area contributed by atoms with Crippen LogP contribution in [0, 0.1) is 114 Å². The Labute approximate surface area is 848 Å². The number of aromatic nitrogens is 12. The van der Waals surface area contributed by atoms with Gasteiger partial charge in [0.05, 0.1) is 47.1 Å². The summed E-state index contributed by atoms with van der Waals surface area (Å²) in [5, 5.41) is 19.8. The minimum atomic E-state index is -1.49. The number of esters is 5. The molecule has 6 aromatic rings. The molecule has 0 aromatic carbocycles. The van der Waals surface area contributed by atoms with Gasteiger partial charge in [-0.3, -0.25) is 52.1 Å². The number of unbranched alkanes of at least 4 members (excludes halogenated alkanes) is 12. The number of hydrogen-bond acceptors (Lipinski definition) is 26. The number of imidazole rings is 3. The predicted octanol–water partition coefficient (Wildman–Crippen LogP) is 20.4. The lowest BCUT2D eigenvalue weighted by atomic mass is 9.61. The molecule has 16 aliphatic rings. The molecule has 2 spiro atoms. The summed E-state index contributed by atoms with van der Waals surface area (Å²) in [5.74, 6) is 10.8. The number of carbonyl (C=O) groups is 8. The van der Waals surface area contributed by atoms with Crippen LogP contribution in [0.3, 0.4) is 0 Å². The van der Waals surface area contributed by atoms with Crippen LogP contribution in [0.25, 0.3) is 33.5 Å². The fourth-order valence-corrected chi connectivity index (χ4v) is 26.4. The van der Waals surface area contributed by atoms with Gasteiger partial charge in [-0.15, -0.1) is 19.3 Å². The van der Waals surface area contributed by atoms with Gasteiger partial charge in [0.15, 0.2) is 56.5 Å². The molecule has 9 heterocycles. The van der Waals surface area contributed by atoms with Crippen molar-refractivity contribution in [2.75, 3.05) is 35.8 Å². The van der Waals surface area contributed by atoms with Gasteiger partial charge in [0.25, 0.3) is 0 Å². The van der Waals surface area contributed by atoms with Crippen LogP contribution in [0.5, 0.6) is 0 Å². The Bertz CT molecular complexity index is 5630. The van der Waals surface area contributed by atoms with Gasteiger partial charge in [-0.25, -0.2) is 44.9 Å². The summed E-state index contributed by atoms with van der Waals surface area (Å²) in [4.78, 5) is 148. The Hall–Kier alpha value is -10.1. The van der Waals surface area contributed by atoms with Crippen molar-refractivity contribution in [3.05, 3.63) is 36.5 Å². The van der Waals surface area contributed by atoms with Crippen LogP contribution in [0.2, 0.25) is 0 Å². The SMILES string of the molecule is C#C[C@]1(COC(=O)C23CCC(CC2)CC3)O[C@@H](n2cnc3c(NC(=O)CCCCCCC)nc(C)nc32)C[C@@H]1O.C#C[C@]1(COC(=O)C23CCC(CC2)CC3)O[C@@H](n2cnc3c(NC(=O)CCCCCCC)nc(C)nc32)C[C@@H]1OC(=O)C12CCC(CC1)CC2.C#C[C@]1(COC(=O)C2CCC3(CCCC3)CC2)O[C@@H](n2cnc3c(NC(=O)CCCCCCC)nc(C)nc32)C[C@@H]1OC(=O)C1CCC2(CCCC2)CC1. The summed E-state index contributed by atoms with van der Waals surface area (Å²) in [7, 11) is 0. The standard InChI is InChI=1S/C43H61N5O6.C39H53N5O6.C30H41N5O5/c1-4-6-7-8-9-14-34(49)47-37-36-38(46-30(3)45-37)48(29-44-36)35-27-33(53-40(51)32-17-25-42(26-18-32)21-12-13-22-42)43(5-2,54-35)28-52-39(50)31-15-23-41(24-16-31)19-10-11-20-41;1-4-6-7-8-9-10-30(45)43-33-32-34(42-26(3)41-33)44(25-40-32)31-23-29(49-36(47)38-20-14-28(15-21-38)16-22-38)39(5-2,50-31)24-48-35(46)37-17-11-27(12-18-37)13-19-37;1-4-6-7-8-9-10-23(37)34-26-25-27(33-20(3)32-26)35(19-31-25)24-17-22(36)30(5-2,40-24)18-39-28(38)29-14-11-21(12-15-29)13-16-29/h2,29,31-33,35H,4,6-28H2,1,3H3,(H,45,46,47,49);2,25,27-29,31H,4,6-24H2,1,3H3,(H,41,42,43,45);2,19,21-22,24,36H,4,6-18H2,1,3H3,(H,32,33,34,37)/t33-,35+,43+;27?,28?,29-,31+,37?,38?,39+;21?,22-,24+,29?,30+/m000/s1. The Morgan fingerprint density at radius 2 is 0.681 bits per heavy atom. The molecule has 3 aliphatic heterocycles. The highest BCUT2D eigenvalue weighted by molar-refractivity contribution is 5.99. The van der Waals surface area contributed by atoms with E-state index in [1.54, 1.807) is 53.5 Å². The van der Waals surface area contributed by atoms with E-state index in [1.165, 1.54) is 70.6 Å². The van der Waals surface area contributed by atoms with E-state index in [0.29, 0.717) is 110 Å². The lowest BCUT2D eigenvalue weighted by molar-refractivity contribution is -0.184. The Balaban J connectivity index is 0.000000150. The summed E-state index contributed by atoms with van der Waals surface area (Å²) in [6.07, 6.45) is 70.6. The number of aliphatic hydroxyl groups is 1. The third kappa shape index (κ3) is 23.2. The fourth-order valence-electron chi connectivity index (χ4n) is 26.4.